The summed E-state index contributed by atoms with van der Waals surface area (Å²) in [5, 5.41) is 4.14. The van der Waals surface area contributed by atoms with Crippen molar-refractivity contribution in [3.63, 3.8) is 0 Å². The van der Waals surface area contributed by atoms with E-state index in [0.29, 0.717) is 18.7 Å². The van der Waals surface area contributed by atoms with E-state index in [9.17, 15) is 9.59 Å². The Morgan fingerprint density at radius 1 is 1.21 bits per heavy atom. The molecule has 0 bridgehead atoms. The van der Waals surface area contributed by atoms with Gasteiger partial charge in [0.15, 0.2) is 0 Å². The summed E-state index contributed by atoms with van der Waals surface area (Å²) < 4.78 is 11.1. The molecule has 0 unspecified atom stereocenters. The third-order valence-electron chi connectivity index (χ3n) is 6.79. The summed E-state index contributed by atoms with van der Waals surface area (Å²) in [6, 6.07) is 7.70. The van der Waals surface area contributed by atoms with Crippen molar-refractivity contribution >= 4 is 16.9 Å². The number of carbonyl (C=O) groups excluding carboxylic acids is 1. The summed E-state index contributed by atoms with van der Waals surface area (Å²) in [5.74, 6) is 0.769. The molecule has 2 N–H and O–H groups in total. The van der Waals surface area contributed by atoms with Gasteiger partial charge < -0.3 is 24.7 Å². The molecule has 34 heavy (non-hydrogen) atoms. The Bertz CT molecular complexity index is 996. The number of carbonyl (C=O) groups is 1. The average Bonchev–Trinajstić information content (AvgIpc) is 2.85. The first-order valence-corrected chi connectivity index (χ1v) is 12.8. The fourth-order valence-corrected chi connectivity index (χ4v) is 4.88. The van der Waals surface area contributed by atoms with Gasteiger partial charge in [-0.3, -0.25) is 9.69 Å². The molecule has 2 fully saturated rings. The molecule has 1 aliphatic carbocycles. The smallest absolute Gasteiger partial charge is 0.317 e. The maximum absolute atomic E-state index is 13.3. The number of pyridine rings is 1. The zero-order valence-corrected chi connectivity index (χ0v) is 20.3. The Morgan fingerprint density at radius 3 is 2.76 bits per heavy atom. The predicted molar refractivity (Wildman–Crippen MR) is 133 cm³/mol. The van der Waals surface area contributed by atoms with Crippen LogP contribution < -0.4 is 15.6 Å². The van der Waals surface area contributed by atoms with E-state index in [4.69, 9.17) is 9.47 Å². The largest absolute Gasteiger partial charge is 0.494 e. The minimum absolute atomic E-state index is 0.0727. The minimum Gasteiger partial charge on any atom is -0.494 e. The van der Waals surface area contributed by atoms with E-state index in [1.165, 1.54) is 6.42 Å². The van der Waals surface area contributed by atoms with Gasteiger partial charge in [-0.1, -0.05) is 19.3 Å². The van der Waals surface area contributed by atoms with Crippen molar-refractivity contribution in [2.75, 3.05) is 46.0 Å². The Morgan fingerprint density at radius 2 is 2.00 bits per heavy atom. The van der Waals surface area contributed by atoms with Crippen LogP contribution >= 0.6 is 0 Å². The number of amides is 2. The lowest BCUT2D eigenvalue weighted by Crippen LogP contribution is -2.46. The second-order valence-corrected chi connectivity index (χ2v) is 9.32. The third-order valence-corrected chi connectivity index (χ3v) is 6.79. The number of ether oxygens (including phenoxy) is 2. The standard InChI is InChI=1S/C26H38N4O4/c1-2-34-23-9-10-24-20(18-23)17-21(25(31)28-24)19-30(12-6-11-29-13-15-33-16-14-29)26(32)27-22-7-4-3-5-8-22/h9-10,17-18,22H,2-8,11-16,19H2,1H3,(H,27,32)(H,28,31). The number of benzene rings is 1. The number of H-pyrrole nitrogens is 1. The van der Waals surface area contributed by atoms with Crippen LogP contribution in [0.3, 0.4) is 0 Å². The molecule has 2 heterocycles. The molecule has 2 aliphatic rings. The Balaban J connectivity index is 1.48. The fourth-order valence-electron chi connectivity index (χ4n) is 4.88. The first-order valence-electron chi connectivity index (χ1n) is 12.8. The van der Waals surface area contributed by atoms with Crippen molar-refractivity contribution in [1.82, 2.24) is 20.1 Å². The minimum atomic E-state index is -0.152. The van der Waals surface area contributed by atoms with Crippen LogP contribution in [0.1, 0.15) is 51.0 Å². The van der Waals surface area contributed by atoms with Gasteiger partial charge in [0.05, 0.1) is 26.4 Å². The van der Waals surface area contributed by atoms with Gasteiger partial charge in [-0.2, -0.15) is 0 Å². The SMILES string of the molecule is CCOc1ccc2[nH]c(=O)c(CN(CCCN3CCOCC3)C(=O)NC3CCCCC3)cc2c1. The first kappa shape index (κ1) is 24.5. The van der Waals surface area contributed by atoms with Crippen LogP contribution in [0, 0.1) is 0 Å². The summed E-state index contributed by atoms with van der Waals surface area (Å²) in [6.45, 7) is 7.73. The third kappa shape index (κ3) is 6.73. The second-order valence-electron chi connectivity index (χ2n) is 9.32. The Labute approximate surface area is 201 Å². The number of nitrogens with zero attached hydrogens (tertiary/aromatic N) is 2. The molecule has 1 aromatic heterocycles. The van der Waals surface area contributed by atoms with Crippen molar-refractivity contribution in [2.45, 2.75) is 58.0 Å². The molecular weight excluding hydrogens is 432 g/mol. The van der Waals surface area contributed by atoms with Crippen molar-refractivity contribution in [3.05, 3.63) is 40.2 Å². The van der Waals surface area contributed by atoms with E-state index in [1.54, 1.807) is 4.90 Å². The van der Waals surface area contributed by atoms with Crippen LogP contribution in [0.2, 0.25) is 0 Å². The quantitative estimate of drug-likeness (QED) is 0.586. The monoisotopic (exact) mass is 470 g/mol. The zero-order chi connectivity index (χ0) is 23.8. The lowest BCUT2D eigenvalue weighted by molar-refractivity contribution is 0.0364. The number of urea groups is 1. The molecule has 1 saturated carbocycles. The molecule has 1 aromatic carbocycles. The number of aromatic nitrogens is 1. The molecule has 8 heteroatoms. The molecular formula is C26H38N4O4. The Hall–Kier alpha value is -2.58. The molecule has 2 amide bonds. The lowest BCUT2D eigenvalue weighted by Gasteiger charge is -2.30. The maximum atomic E-state index is 13.3. The van der Waals surface area contributed by atoms with Gasteiger partial charge in [-0.25, -0.2) is 4.79 Å². The molecule has 1 aliphatic heterocycles. The fraction of sp³-hybridized carbons (Fsp3) is 0.615. The van der Waals surface area contributed by atoms with Crippen molar-refractivity contribution < 1.29 is 14.3 Å². The highest BCUT2D eigenvalue weighted by Crippen LogP contribution is 2.21. The summed E-state index contributed by atoms with van der Waals surface area (Å²) in [4.78, 5) is 33.3. The summed E-state index contributed by atoms with van der Waals surface area (Å²) >= 11 is 0. The van der Waals surface area contributed by atoms with Crippen LogP contribution in [0.4, 0.5) is 4.79 Å². The van der Waals surface area contributed by atoms with Crippen molar-refractivity contribution in [1.29, 1.82) is 0 Å². The molecule has 8 nitrogen and oxygen atoms in total. The highest BCUT2D eigenvalue weighted by atomic mass is 16.5. The molecule has 0 atom stereocenters. The van der Waals surface area contributed by atoms with Gasteiger partial charge in [0.2, 0.25) is 0 Å². The van der Waals surface area contributed by atoms with Gasteiger partial charge >= 0.3 is 6.03 Å². The number of nitrogens with one attached hydrogen (secondary N) is 2. The summed E-state index contributed by atoms with van der Waals surface area (Å²) in [7, 11) is 0. The molecule has 1 saturated heterocycles. The van der Waals surface area contributed by atoms with Crippen LogP contribution in [0.15, 0.2) is 29.1 Å². The summed E-state index contributed by atoms with van der Waals surface area (Å²) in [6.07, 6.45) is 6.49. The van der Waals surface area contributed by atoms with Gasteiger partial charge in [-0.15, -0.1) is 0 Å². The van der Waals surface area contributed by atoms with Crippen LogP contribution in [0.25, 0.3) is 10.9 Å². The van der Waals surface area contributed by atoms with E-state index < -0.39 is 0 Å². The second kappa shape index (κ2) is 12.2. The number of hydrogen-bond donors (Lipinski definition) is 2. The highest BCUT2D eigenvalue weighted by molar-refractivity contribution is 5.81. The van der Waals surface area contributed by atoms with Crippen LogP contribution in [-0.2, 0) is 11.3 Å². The highest BCUT2D eigenvalue weighted by Gasteiger charge is 2.21. The lowest BCUT2D eigenvalue weighted by atomic mass is 9.96. The van der Waals surface area contributed by atoms with Crippen LogP contribution in [0.5, 0.6) is 5.75 Å². The van der Waals surface area contributed by atoms with E-state index in [-0.39, 0.29) is 24.2 Å². The van der Waals surface area contributed by atoms with Gasteiger partial charge in [-0.05, 0) is 50.5 Å². The van der Waals surface area contributed by atoms with E-state index >= 15 is 0 Å². The topological polar surface area (TPSA) is 86.9 Å². The number of aromatic amines is 1. The number of hydrogen-bond acceptors (Lipinski definition) is 5. The van der Waals surface area contributed by atoms with E-state index in [0.717, 1.165) is 81.6 Å². The number of rotatable bonds is 9. The molecule has 4 rings (SSSR count). The van der Waals surface area contributed by atoms with Gasteiger partial charge in [0.25, 0.3) is 5.56 Å². The predicted octanol–water partition coefficient (Wildman–Crippen LogP) is 3.49. The number of fused-ring (bicyclic) bond motifs is 1. The van der Waals surface area contributed by atoms with Crippen molar-refractivity contribution in [2.24, 2.45) is 0 Å². The van der Waals surface area contributed by atoms with Crippen molar-refractivity contribution in [3.8, 4) is 5.75 Å². The van der Waals surface area contributed by atoms with Gasteiger partial charge in [0, 0.05) is 48.7 Å². The Kier molecular flexibility index (Phi) is 8.82. The average molecular weight is 471 g/mol. The van der Waals surface area contributed by atoms with E-state index in [2.05, 4.69) is 15.2 Å². The van der Waals surface area contributed by atoms with Crippen LogP contribution in [-0.4, -0.2) is 72.9 Å². The number of morpholine rings is 1. The molecule has 186 valence electrons. The van der Waals surface area contributed by atoms with Gasteiger partial charge in [0.1, 0.15) is 5.75 Å². The maximum Gasteiger partial charge on any atom is 0.317 e. The first-order chi connectivity index (χ1) is 16.6. The normalized spacial score (nSPS) is 17.6. The molecule has 0 spiro atoms. The molecule has 0 radical (unpaired) electrons. The zero-order valence-electron chi connectivity index (χ0n) is 20.3. The summed E-state index contributed by atoms with van der Waals surface area (Å²) in [5.41, 5.74) is 1.20. The molecule has 2 aromatic rings. The van der Waals surface area contributed by atoms with E-state index in [1.807, 2.05) is 31.2 Å².